The van der Waals surface area contributed by atoms with Gasteiger partial charge >= 0.3 is 23.9 Å². The van der Waals surface area contributed by atoms with Crippen molar-refractivity contribution in [2.45, 2.75) is 110 Å². The van der Waals surface area contributed by atoms with E-state index in [9.17, 15) is 29.2 Å². The number of Topliss-reactive ketones (excluding diaryl/α,β-unsaturated/α-hetero) is 1. The molecule has 0 spiro atoms. The summed E-state index contributed by atoms with van der Waals surface area (Å²) in [4.78, 5) is 81.2. The summed E-state index contributed by atoms with van der Waals surface area (Å²) in [6.07, 6.45) is -5.25. The number of hydrogen-bond donors (Lipinski definition) is 2. The van der Waals surface area contributed by atoms with Crippen molar-refractivity contribution in [3.8, 4) is 0 Å². The van der Waals surface area contributed by atoms with Crippen LogP contribution in [-0.2, 0) is 42.9 Å². The minimum absolute atomic E-state index is 0.163. The van der Waals surface area contributed by atoms with Gasteiger partial charge in [-0.25, -0.2) is 4.79 Å². The molecule has 0 amide bonds. The number of carbonyl (C=O) groups excluding carboxylic acids is 5. The van der Waals surface area contributed by atoms with Gasteiger partial charge in [-0.3, -0.25) is 24.6 Å². The number of nitrogens with zero attached hydrogens (tertiary/aromatic N) is 1. The normalized spacial score (nSPS) is 34.1. The van der Waals surface area contributed by atoms with Crippen molar-refractivity contribution < 1.29 is 52.8 Å². The summed E-state index contributed by atoms with van der Waals surface area (Å²) in [7, 11) is 0. The Kier molecular flexibility index (Phi) is 10.8. The van der Waals surface area contributed by atoms with Gasteiger partial charge in [0, 0.05) is 31.1 Å². The lowest BCUT2D eigenvalue weighted by Gasteiger charge is -2.68. The van der Waals surface area contributed by atoms with Gasteiger partial charge in [-0.2, -0.15) is 0 Å². The predicted octanol–water partition coefficient (Wildman–Crippen LogP) is 5.13. The molecule has 0 aromatic heterocycles. The molecule has 300 valence electrons. The van der Waals surface area contributed by atoms with Gasteiger partial charge in [0.15, 0.2) is 17.5 Å². The van der Waals surface area contributed by atoms with Gasteiger partial charge in [-0.15, -0.1) is 4.91 Å². The van der Waals surface area contributed by atoms with Crippen molar-refractivity contribution in [1.29, 1.82) is 0 Å². The number of carbonyl (C=O) groups is 5. The predicted molar refractivity (Wildman–Crippen MR) is 199 cm³/mol. The molecule has 0 radical (unpaired) electrons. The van der Waals surface area contributed by atoms with Crippen LogP contribution in [0, 0.1) is 33.5 Å². The molecular formula is C42H50N2O12. The molecule has 3 aliphatic carbocycles. The molecular weight excluding hydrogens is 724 g/mol. The number of benzene rings is 2. The molecule has 2 bridgehead atoms. The van der Waals surface area contributed by atoms with E-state index in [0.717, 1.165) is 0 Å². The molecule has 4 aliphatic rings. The summed E-state index contributed by atoms with van der Waals surface area (Å²) >= 11 is 0. The van der Waals surface area contributed by atoms with Crippen LogP contribution < -0.4 is 5.43 Å². The molecule has 6 rings (SSSR count). The second-order valence-corrected chi connectivity index (χ2v) is 16.5. The maximum absolute atomic E-state index is 15.5. The number of aliphatic hydroxyl groups is 1. The zero-order valence-corrected chi connectivity index (χ0v) is 32.9. The van der Waals surface area contributed by atoms with Crippen LogP contribution in [0.15, 0.2) is 77.1 Å². The fraction of sp³-hybridized carbons (Fsp3) is 0.548. The first-order valence-electron chi connectivity index (χ1n) is 18.9. The molecule has 1 aliphatic heterocycles. The first-order valence-corrected chi connectivity index (χ1v) is 18.9. The lowest BCUT2D eigenvalue weighted by Crippen LogP contribution is -2.80. The molecule has 2 N–H and O–H groups in total. The number of nitroso groups, excluding NO2 is 1. The van der Waals surface area contributed by atoms with Crippen LogP contribution in [0.1, 0.15) is 90.2 Å². The number of ketones is 1. The fourth-order valence-electron chi connectivity index (χ4n) is 9.89. The Morgan fingerprint density at radius 1 is 0.946 bits per heavy atom. The smallest absolute Gasteiger partial charge is 0.338 e. The maximum Gasteiger partial charge on any atom is 0.338 e. The van der Waals surface area contributed by atoms with Crippen LogP contribution in [0.4, 0.5) is 0 Å². The minimum atomic E-state index is -2.18. The Morgan fingerprint density at radius 3 is 2.12 bits per heavy atom. The van der Waals surface area contributed by atoms with Crippen LogP contribution in [0.25, 0.3) is 0 Å². The topological polar surface area (TPSA) is 193 Å². The van der Waals surface area contributed by atoms with Crippen LogP contribution in [0.5, 0.6) is 0 Å². The van der Waals surface area contributed by atoms with Crippen molar-refractivity contribution in [3.05, 3.63) is 87.8 Å². The highest BCUT2D eigenvalue weighted by Crippen LogP contribution is 2.65. The molecule has 2 aromatic rings. The van der Waals surface area contributed by atoms with Crippen molar-refractivity contribution in [2.24, 2.45) is 33.9 Å². The van der Waals surface area contributed by atoms with Gasteiger partial charge in [0.1, 0.15) is 23.9 Å². The number of rotatable bonds is 10. The Balaban J connectivity index is 1.58. The number of hydrogen-bond acceptors (Lipinski definition) is 13. The quantitative estimate of drug-likeness (QED) is 0.106. The summed E-state index contributed by atoms with van der Waals surface area (Å²) in [5.74, 6) is -6.36. The van der Waals surface area contributed by atoms with Crippen molar-refractivity contribution in [3.63, 3.8) is 0 Å². The third kappa shape index (κ3) is 6.40. The molecule has 14 nitrogen and oxygen atoms in total. The van der Waals surface area contributed by atoms with Gasteiger partial charge in [0.2, 0.25) is 0 Å². The molecule has 1 saturated heterocycles. The minimum Gasteiger partial charge on any atom is -0.457 e. The number of ether oxygens (including phenoxy) is 5. The highest BCUT2D eigenvalue weighted by Gasteiger charge is 2.77. The van der Waals surface area contributed by atoms with Gasteiger partial charge in [-0.1, -0.05) is 76.2 Å². The van der Waals surface area contributed by atoms with Crippen molar-refractivity contribution in [1.82, 2.24) is 5.43 Å². The van der Waals surface area contributed by atoms with Gasteiger partial charge in [0.05, 0.1) is 35.3 Å². The Hall–Kier alpha value is -4.95. The summed E-state index contributed by atoms with van der Waals surface area (Å²) in [5, 5.41) is 16.5. The van der Waals surface area contributed by atoms with Crippen molar-refractivity contribution >= 4 is 29.7 Å². The second-order valence-electron chi connectivity index (χ2n) is 16.5. The molecule has 1 heterocycles. The summed E-state index contributed by atoms with van der Waals surface area (Å²) in [6, 6.07) is 16.0. The summed E-state index contributed by atoms with van der Waals surface area (Å²) in [5.41, 5.74) is -3.06. The monoisotopic (exact) mass is 774 g/mol. The molecule has 11 atom stereocenters. The molecule has 56 heavy (non-hydrogen) atoms. The zero-order chi connectivity index (χ0) is 41.0. The number of nitrogens with one attached hydrogen (secondary N) is 1. The largest absolute Gasteiger partial charge is 0.457 e. The van der Waals surface area contributed by atoms with E-state index >= 15 is 4.79 Å². The molecule has 0 unspecified atom stereocenters. The van der Waals surface area contributed by atoms with E-state index in [2.05, 4.69) is 10.7 Å². The third-order valence-corrected chi connectivity index (χ3v) is 13.1. The Morgan fingerprint density at radius 2 is 1.57 bits per heavy atom. The van der Waals surface area contributed by atoms with E-state index in [4.69, 9.17) is 23.7 Å². The van der Waals surface area contributed by atoms with Crippen LogP contribution >= 0.6 is 0 Å². The van der Waals surface area contributed by atoms with Gasteiger partial charge < -0.3 is 28.8 Å². The van der Waals surface area contributed by atoms with Gasteiger partial charge in [0.25, 0.3) is 0 Å². The molecule has 14 heteroatoms. The Bertz CT molecular complexity index is 1930. The van der Waals surface area contributed by atoms with Gasteiger partial charge in [-0.05, 0) is 55.0 Å². The molecule has 2 saturated carbocycles. The highest BCUT2D eigenvalue weighted by molar-refractivity contribution is 5.95. The molecule has 2 aromatic carbocycles. The van der Waals surface area contributed by atoms with Crippen LogP contribution in [-0.4, -0.2) is 77.0 Å². The first-order chi connectivity index (χ1) is 26.3. The lowest BCUT2D eigenvalue weighted by molar-refractivity contribution is -0.340. The SMILES string of the molecule is CC(=O)O[C@H]1C(=O)[C@@]2(C)[C@H]([C@H](OC(=O)c3ccccc3)[C@]3(O)C[C@H](OC(=O)[C@H](C)[C@@H](NN=O)c4ccccc4)C(C)=C1C3(C)C)[C@]1(OC(C)=O)CO[C@@H]1C[C@@H]2C. The van der Waals surface area contributed by atoms with Crippen molar-refractivity contribution in [2.75, 3.05) is 6.61 Å². The lowest BCUT2D eigenvalue weighted by atomic mass is 9.43. The van der Waals surface area contributed by atoms with E-state index in [-0.39, 0.29) is 30.6 Å². The zero-order valence-electron chi connectivity index (χ0n) is 32.9. The standard InChI is InChI=1S/C42H50N2O12/c1-22-19-30-41(21-52-30,56-26(5)46)34-36(55-38(49)28-17-13-10-14-18-28)42(50)20-29(54-37(48)24(3)32(43-44-51)27-15-11-9-12-16-27)23(2)31(39(42,6)7)33(53-25(4)45)35(47)40(22,34)8/h9-18,22,24,29-30,32-34,36,50H,19-21H2,1-8H3,(H,43,51)/t22-,24+,29-,30+,32+,33+,34-,36-,40+,41-,42+/m0/s1. The van der Waals surface area contributed by atoms with E-state index in [1.54, 1.807) is 95.3 Å². The maximum atomic E-state index is 15.5. The van der Waals surface area contributed by atoms with E-state index in [0.29, 0.717) is 11.1 Å². The van der Waals surface area contributed by atoms with E-state index < -0.39 is 99.9 Å². The van der Waals surface area contributed by atoms with E-state index in [1.165, 1.54) is 13.8 Å². The average Bonchev–Trinajstić information content (AvgIpc) is 3.15. The van der Waals surface area contributed by atoms with E-state index in [1.807, 2.05) is 6.92 Å². The van der Waals surface area contributed by atoms with Crippen LogP contribution in [0.2, 0.25) is 0 Å². The third-order valence-electron chi connectivity index (χ3n) is 13.1. The Labute approximate surface area is 325 Å². The summed E-state index contributed by atoms with van der Waals surface area (Å²) < 4.78 is 30.8. The van der Waals surface area contributed by atoms with Crippen LogP contribution in [0.3, 0.4) is 0 Å². The number of fused-ring (bicyclic) bond motifs is 5. The molecule has 3 fully saturated rings. The highest BCUT2D eigenvalue weighted by atomic mass is 16.6. The second kappa shape index (κ2) is 14.8. The first kappa shape index (κ1) is 40.7. The number of esters is 4. The fourth-order valence-corrected chi connectivity index (χ4v) is 9.89. The summed E-state index contributed by atoms with van der Waals surface area (Å²) in [6.45, 7) is 12.3. The average molecular weight is 775 g/mol.